The Balaban J connectivity index is 1.98. The third kappa shape index (κ3) is 2.53. The van der Waals surface area contributed by atoms with E-state index >= 15 is 0 Å². The number of para-hydroxylation sites is 1. The van der Waals surface area contributed by atoms with Crippen molar-refractivity contribution < 1.29 is 14.6 Å². The van der Waals surface area contributed by atoms with Gasteiger partial charge in [-0.1, -0.05) is 12.1 Å². The standard InChI is InChI=1S/C19H16N4O4/c1-19(18(25)26)21-14-6-4-3-5-13(14)16-20-17(24)15(22-23(16)19)11-7-9-12(27-2)10-8-11/h3-10,21H,1-2H3,(H,25,26). The first kappa shape index (κ1) is 16.8. The lowest BCUT2D eigenvalue weighted by atomic mass is 10.0. The lowest BCUT2D eigenvalue weighted by molar-refractivity contribution is -0.145. The van der Waals surface area contributed by atoms with Gasteiger partial charge in [0.15, 0.2) is 11.5 Å². The van der Waals surface area contributed by atoms with Crippen LogP contribution >= 0.6 is 0 Å². The number of carboxylic acid groups (broad SMARTS) is 1. The van der Waals surface area contributed by atoms with Gasteiger partial charge in [0.05, 0.1) is 7.11 Å². The van der Waals surface area contributed by atoms with Crippen molar-refractivity contribution in [2.75, 3.05) is 12.4 Å². The van der Waals surface area contributed by atoms with E-state index < -0.39 is 17.2 Å². The van der Waals surface area contributed by atoms with Crippen molar-refractivity contribution in [3.63, 3.8) is 0 Å². The Hall–Kier alpha value is -3.68. The van der Waals surface area contributed by atoms with Crippen LogP contribution in [0.25, 0.3) is 22.6 Å². The van der Waals surface area contributed by atoms with Crippen LogP contribution in [0.5, 0.6) is 5.75 Å². The summed E-state index contributed by atoms with van der Waals surface area (Å²) in [6.07, 6.45) is 0. The number of ether oxygens (including phenoxy) is 1. The van der Waals surface area contributed by atoms with E-state index in [9.17, 15) is 14.7 Å². The molecule has 3 aromatic rings. The molecule has 27 heavy (non-hydrogen) atoms. The van der Waals surface area contributed by atoms with Crippen LogP contribution in [-0.2, 0) is 10.5 Å². The van der Waals surface area contributed by atoms with Crippen LogP contribution in [0.1, 0.15) is 6.92 Å². The highest BCUT2D eigenvalue weighted by atomic mass is 16.5. The summed E-state index contributed by atoms with van der Waals surface area (Å²) in [4.78, 5) is 28.8. The predicted molar refractivity (Wildman–Crippen MR) is 98.6 cm³/mol. The van der Waals surface area contributed by atoms with Crippen LogP contribution in [-0.4, -0.2) is 33.0 Å². The molecule has 2 aromatic carbocycles. The number of hydrogen-bond donors (Lipinski definition) is 2. The van der Waals surface area contributed by atoms with Crippen LogP contribution < -0.4 is 15.6 Å². The molecule has 0 bridgehead atoms. The van der Waals surface area contributed by atoms with E-state index in [1.807, 2.05) is 0 Å². The van der Waals surface area contributed by atoms with Gasteiger partial charge >= 0.3 is 5.97 Å². The van der Waals surface area contributed by atoms with Crippen molar-refractivity contribution in [1.29, 1.82) is 0 Å². The molecule has 1 unspecified atom stereocenters. The van der Waals surface area contributed by atoms with Crippen molar-refractivity contribution in [2.24, 2.45) is 0 Å². The first-order chi connectivity index (χ1) is 12.9. The third-order valence-electron chi connectivity index (χ3n) is 4.56. The molecule has 0 radical (unpaired) electrons. The maximum atomic E-state index is 12.7. The van der Waals surface area contributed by atoms with Gasteiger partial charge in [-0.3, -0.25) is 4.79 Å². The molecule has 2 heterocycles. The zero-order chi connectivity index (χ0) is 19.2. The van der Waals surface area contributed by atoms with Gasteiger partial charge in [-0.2, -0.15) is 10.1 Å². The Bertz CT molecular complexity index is 1110. The van der Waals surface area contributed by atoms with Gasteiger partial charge in [-0.25, -0.2) is 9.48 Å². The summed E-state index contributed by atoms with van der Waals surface area (Å²) in [5.41, 5.74) is -0.345. The minimum absolute atomic E-state index is 0.0649. The second kappa shape index (κ2) is 5.94. The average Bonchev–Trinajstić information content (AvgIpc) is 2.68. The number of aliphatic carboxylic acids is 1. The molecule has 1 aliphatic heterocycles. The van der Waals surface area contributed by atoms with Crippen molar-refractivity contribution in [2.45, 2.75) is 12.6 Å². The second-order valence-electron chi connectivity index (χ2n) is 6.28. The predicted octanol–water partition coefficient (Wildman–Crippen LogP) is 2.16. The maximum Gasteiger partial charge on any atom is 0.352 e. The molecular formula is C19H16N4O4. The number of carbonyl (C=O) groups is 1. The van der Waals surface area contributed by atoms with Crippen LogP contribution in [0.2, 0.25) is 0 Å². The molecule has 0 saturated heterocycles. The summed E-state index contributed by atoms with van der Waals surface area (Å²) in [5, 5.41) is 17.2. The number of fused-ring (bicyclic) bond motifs is 3. The minimum Gasteiger partial charge on any atom is -0.497 e. The highest BCUT2D eigenvalue weighted by Gasteiger charge is 2.42. The molecule has 0 aliphatic carbocycles. The summed E-state index contributed by atoms with van der Waals surface area (Å²) >= 11 is 0. The Morgan fingerprint density at radius 1 is 1.19 bits per heavy atom. The number of anilines is 1. The number of nitrogens with one attached hydrogen (secondary N) is 1. The van der Waals surface area contributed by atoms with Crippen molar-refractivity contribution in [1.82, 2.24) is 14.8 Å². The molecule has 1 aromatic heterocycles. The number of carboxylic acids is 1. The lowest BCUT2D eigenvalue weighted by Crippen LogP contribution is -2.51. The van der Waals surface area contributed by atoms with Crippen molar-refractivity contribution >= 4 is 11.7 Å². The average molecular weight is 364 g/mol. The van der Waals surface area contributed by atoms with E-state index in [4.69, 9.17) is 4.74 Å². The molecule has 4 rings (SSSR count). The number of methoxy groups -OCH3 is 1. The molecule has 0 spiro atoms. The molecule has 0 fully saturated rings. The molecule has 1 atom stereocenters. The summed E-state index contributed by atoms with van der Waals surface area (Å²) in [5.74, 6) is -0.302. The van der Waals surface area contributed by atoms with Crippen LogP contribution in [0.3, 0.4) is 0 Å². The molecule has 8 heteroatoms. The maximum absolute atomic E-state index is 12.7. The fourth-order valence-electron chi connectivity index (χ4n) is 3.05. The van der Waals surface area contributed by atoms with Crippen molar-refractivity contribution in [3.05, 3.63) is 58.9 Å². The first-order valence-corrected chi connectivity index (χ1v) is 8.21. The van der Waals surface area contributed by atoms with Crippen LogP contribution in [0.15, 0.2) is 53.3 Å². The topological polar surface area (TPSA) is 106 Å². The Morgan fingerprint density at radius 2 is 1.89 bits per heavy atom. The fourth-order valence-corrected chi connectivity index (χ4v) is 3.05. The summed E-state index contributed by atoms with van der Waals surface area (Å²) < 4.78 is 6.37. The smallest absolute Gasteiger partial charge is 0.352 e. The van der Waals surface area contributed by atoms with E-state index in [0.717, 1.165) is 0 Å². The van der Waals surface area contributed by atoms with Gasteiger partial charge in [0.2, 0.25) is 5.66 Å². The van der Waals surface area contributed by atoms with Gasteiger partial charge in [0.25, 0.3) is 5.56 Å². The summed E-state index contributed by atoms with van der Waals surface area (Å²) in [6.45, 7) is 1.48. The minimum atomic E-state index is -1.59. The largest absolute Gasteiger partial charge is 0.497 e. The van der Waals surface area contributed by atoms with Crippen LogP contribution in [0, 0.1) is 0 Å². The van der Waals surface area contributed by atoms with Gasteiger partial charge < -0.3 is 15.2 Å². The number of hydrogen-bond acceptors (Lipinski definition) is 6. The number of rotatable bonds is 3. The van der Waals surface area contributed by atoms with Gasteiger partial charge in [0, 0.05) is 16.8 Å². The molecule has 136 valence electrons. The Morgan fingerprint density at radius 3 is 2.56 bits per heavy atom. The zero-order valence-electron chi connectivity index (χ0n) is 14.6. The number of benzene rings is 2. The summed E-state index contributed by atoms with van der Waals surface area (Å²) in [6, 6.07) is 13.8. The van der Waals surface area contributed by atoms with E-state index in [-0.39, 0.29) is 11.5 Å². The van der Waals surface area contributed by atoms with Crippen LogP contribution in [0.4, 0.5) is 5.69 Å². The first-order valence-electron chi connectivity index (χ1n) is 8.21. The number of aromatic nitrogens is 3. The molecule has 0 amide bonds. The molecule has 8 nitrogen and oxygen atoms in total. The van der Waals surface area contributed by atoms with Gasteiger partial charge in [0.1, 0.15) is 5.75 Å². The highest BCUT2D eigenvalue weighted by molar-refractivity contribution is 5.87. The lowest BCUT2D eigenvalue weighted by Gasteiger charge is -2.35. The van der Waals surface area contributed by atoms with Gasteiger partial charge in [-0.05, 0) is 43.3 Å². The van der Waals surface area contributed by atoms with Crippen molar-refractivity contribution in [3.8, 4) is 28.4 Å². The van der Waals surface area contributed by atoms with E-state index in [0.29, 0.717) is 22.6 Å². The molecule has 2 N–H and O–H groups in total. The third-order valence-corrected chi connectivity index (χ3v) is 4.56. The van der Waals surface area contributed by atoms with E-state index in [1.54, 1.807) is 55.6 Å². The number of nitrogens with zero attached hydrogens (tertiary/aromatic N) is 3. The molecular weight excluding hydrogens is 348 g/mol. The Kier molecular flexibility index (Phi) is 3.69. The quantitative estimate of drug-likeness (QED) is 0.733. The SMILES string of the molecule is COc1ccc(-c2nn3c(nc2=O)-c2ccccc2NC3(C)C(=O)O)cc1. The fraction of sp³-hybridized carbons (Fsp3) is 0.158. The second-order valence-corrected chi connectivity index (χ2v) is 6.28. The monoisotopic (exact) mass is 364 g/mol. The van der Waals surface area contributed by atoms with E-state index in [2.05, 4.69) is 15.4 Å². The zero-order valence-corrected chi connectivity index (χ0v) is 14.6. The molecule has 1 aliphatic rings. The summed E-state index contributed by atoms with van der Waals surface area (Å²) in [7, 11) is 1.55. The normalized spacial score (nSPS) is 17.4. The van der Waals surface area contributed by atoms with E-state index in [1.165, 1.54) is 11.6 Å². The molecule has 0 saturated carbocycles. The Labute approximate surface area is 154 Å². The van der Waals surface area contributed by atoms with Gasteiger partial charge in [-0.15, -0.1) is 0 Å². The highest BCUT2D eigenvalue weighted by Crippen LogP contribution is 2.36.